The largest absolute Gasteiger partial charge is 0.0776 e. The molecule has 0 amide bonds. The molecule has 0 spiro atoms. The van der Waals surface area contributed by atoms with Gasteiger partial charge in [0.1, 0.15) is 0 Å². The first-order valence-electron chi connectivity index (χ1n) is 29.8. The summed E-state index contributed by atoms with van der Waals surface area (Å²) in [6.45, 7) is 0. The molecule has 0 nitrogen and oxygen atoms in total. The van der Waals surface area contributed by atoms with Gasteiger partial charge in [-0.3, -0.25) is 0 Å². The van der Waals surface area contributed by atoms with E-state index in [-0.39, 0.29) is 14.9 Å². The molecular weight excluding hydrogens is 1080 g/mol. The van der Waals surface area contributed by atoms with Crippen molar-refractivity contribution in [3.63, 3.8) is 0 Å². The topological polar surface area (TPSA) is 0 Å². The Morgan fingerprint density at radius 3 is 0.344 bits per heavy atom. The average Bonchev–Trinajstić information content (AvgIpc) is 2.12. The molecule has 0 fully saturated rings. The van der Waals surface area contributed by atoms with Crippen LogP contribution in [0.25, 0.3) is 77.5 Å². The Morgan fingerprint density at radius 2 is 0.189 bits per heavy atom. The van der Waals surface area contributed by atoms with Crippen LogP contribution >= 0.6 is 0 Å². The quantitative estimate of drug-likeness (QED) is 0.156. The van der Waals surface area contributed by atoms with Crippen molar-refractivity contribution in [3.05, 3.63) is 449 Å². The summed E-state index contributed by atoms with van der Waals surface area (Å²) in [5.74, 6) is 0. The minimum absolute atomic E-state index is 0. The highest BCUT2D eigenvalue weighted by Gasteiger charge is 2.05. The van der Waals surface area contributed by atoms with Crippen LogP contribution in [-0.2, 0) is 0 Å². The molecule has 0 aliphatic heterocycles. The first-order chi connectivity index (χ1) is 43.8. The fourth-order valence-corrected chi connectivity index (χ4v) is 9.02. The van der Waals surface area contributed by atoms with Crippen LogP contribution < -0.4 is 0 Å². The minimum atomic E-state index is 0. The first kappa shape index (κ1) is 67.7. The number of fused-ring (bicyclic) bond motifs is 1. The van der Waals surface area contributed by atoms with Gasteiger partial charge >= 0.3 is 0 Å². The smallest absolute Gasteiger partial charge is 0.0177 e. The summed E-state index contributed by atoms with van der Waals surface area (Å²) in [7, 11) is 0. The molecule has 15 aromatic rings. The molecule has 0 N–H and O–H groups in total. The maximum atomic E-state index is 2.28. The second kappa shape index (κ2) is 41.6. The second-order valence-corrected chi connectivity index (χ2v) is 19.9. The van der Waals surface area contributed by atoms with Crippen LogP contribution in [0.1, 0.15) is 14.9 Å². The van der Waals surface area contributed by atoms with Crippen LogP contribution in [0.15, 0.2) is 449 Å². The molecule has 0 saturated heterocycles. The molecule has 0 aromatic heterocycles. The molecule has 90 heavy (non-hydrogen) atoms. The molecule has 0 radical (unpaired) electrons. The standard InChI is InChI=1S/C28H20.C18H14.C12H10.5C6H6.2CH4/c1-3-7-21(8-4-1)23-11-13-24(14-12-23)26-16-18-27-19-25(15-17-28(27)20-26)22-9-5-2-6-10-22;1-3-7-15(8-4-1)17-11-13-18(14-12-17)16-9-5-2-6-10-16;1-3-7-11(8-4-1)12-9-5-2-6-10-12;5*1-2-4-6-5-3-1;;/h1-20H;1-14H;1-10H;5*1-6H;2*1H4. The summed E-state index contributed by atoms with van der Waals surface area (Å²) in [6, 6.07) is 154. The number of hydrogen-bond donors (Lipinski definition) is 0. The van der Waals surface area contributed by atoms with E-state index in [2.05, 4.69) is 243 Å². The van der Waals surface area contributed by atoms with Gasteiger partial charge in [0.25, 0.3) is 0 Å². The Hall–Kier alpha value is -11.4. The highest BCUT2D eigenvalue weighted by Crippen LogP contribution is 2.30. The average molecular weight is 1160 g/mol. The van der Waals surface area contributed by atoms with Crippen LogP contribution in [0.4, 0.5) is 0 Å². The molecule has 0 saturated carbocycles. The zero-order valence-corrected chi connectivity index (χ0v) is 49.7. The van der Waals surface area contributed by atoms with Crippen molar-refractivity contribution in [1.82, 2.24) is 0 Å². The van der Waals surface area contributed by atoms with E-state index in [1.807, 2.05) is 206 Å². The Labute approximate surface area is 538 Å². The molecular formula is C90H82. The minimum Gasteiger partial charge on any atom is -0.0776 e. The first-order valence-corrected chi connectivity index (χ1v) is 29.8. The number of hydrogen-bond acceptors (Lipinski definition) is 0. The van der Waals surface area contributed by atoms with Gasteiger partial charge in [0.05, 0.1) is 0 Å². The summed E-state index contributed by atoms with van der Waals surface area (Å²) in [5, 5.41) is 2.54. The number of rotatable bonds is 6. The van der Waals surface area contributed by atoms with E-state index in [0.717, 1.165) is 0 Å². The van der Waals surface area contributed by atoms with Crippen molar-refractivity contribution >= 4 is 10.8 Å². The van der Waals surface area contributed by atoms with Crippen molar-refractivity contribution < 1.29 is 0 Å². The van der Waals surface area contributed by atoms with Gasteiger partial charge in [-0.1, -0.05) is 452 Å². The van der Waals surface area contributed by atoms with E-state index in [1.165, 1.54) is 77.5 Å². The third-order valence-electron chi connectivity index (χ3n) is 13.6. The monoisotopic (exact) mass is 1160 g/mol. The van der Waals surface area contributed by atoms with Gasteiger partial charge in [-0.2, -0.15) is 0 Å². The zero-order chi connectivity index (χ0) is 60.4. The van der Waals surface area contributed by atoms with Crippen LogP contribution in [0, 0.1) is 0 Å². The van der Waals surface area contributed by atoms with Crippen molar-refractivity contribution in [2.24, 2.45) is 0 Å². The van der Waals surface area contributed by atoms with Gasteiger partial charge in [0, 0.05) is 0 Å². The highest BCUT2D eigenvalue weighted by atomic mass is 14.1. The van der Waals surface area contributed by atoms with Gasteiger partial charge in [0.2, 0.25) is 0 Å². The Kier molecular flexibility index (Phi) is 31.3. The predicted octanol–water partition coefficient (Wildman–Crippen LogP) is 25.9. The SMILES string of the molecule is C.C.c1ccc(-c2ccc(-c3ccc4cc(-c5ccccc5)ccc4c3)cc2)cc1.c1ccc(-c2ccc(-c3ccccc3)cc2)cc1.c1ccc(-c2ccccc2)cc1.c1ccccc1.c1ccccc1.c1ccccc1.c1ccccc1.c1ccccc1. The molecule has 0 aliphatic rings. The van der Waals surface area contributed by atoms with E-state index >= 15 is 0 Å². The Bertz CT molecular complexity index is 3660. The summed E-state index contributed by atoms with van der Waals surface area (Å²) in [4.78, 5) is 0. The lowest BCUT2D eigenvalue weighted by atomic mass is 9.96. The van der Waals surface area contributed by atoms with Gasteiger partial charge in [0.15, 0.2) is 0 Å². The van der Waals surface area contributed by atoms with E-state index in [1.54, 1.807) is 0 Å². The normalized spacial score (nSPS) is 9.38. The van der Waals surface area contributed by atoms with Crippen molar-refractivity contribution in [2.75, 3.05) is 0 Å². The molecule has 0 atom stereocenters. The molecule has 15 rings (SSSR count). The van der Waals surface area contributed by atoms with E-state index < -0.39 is 0 Å². The summed E-state index contributed by atoms with van der Waals surface area (Å²) < 4.78 is 0. The second-order valence-electron chi connectivity index (χ2n) is 19.9. The Balaban J connectivity index is 0.000000179. The fourth-order valence-electron chi connectivity index (χ4n) is 9.02. The van der Waals surface area contributed by atoms with Gasteiger partial charge in [-0.25, -0.2) is 0 Å². The third kappa shape index (κ3) is 24.9. The van der Waals surface area contributed by atoms with Crippen molar-refractivity contribution in [1.29, 1.82) is 0 Å². The van der Waals surface area contributed by atoms with Crippen molar-refractivity contribution in [2.45, 2.75) is 14.9 Å². The number of benzene rings is 15. The summed E-state index contributed by atoms with van der Waals surface area (Å²) >= 11 is 0. The molecule has 15 aromatic carbocycles. The zero-order valence-electron chi connectivity index (χ0n) is 49.7. The predicted molar refractivity (Wildman–Crippen MR) is 395 cm³/mol. The maximum absolute atomic E-state index is 2.28. The molecule has 0 aliphatic carbocycles. The molecule has 0 bridgehead atoms. The van der Waals surface area contributed by atoms with E-state index in [0.29, 0.717) is 0 Å². The van der Waals surface area contributed by atoms with Gasteiger partial charge in [-0.05, 0) is 89.7 Å². The van der Waals surface area contributed by atoms with Crippen LogP contribution in [0.5, 0.6) is 0 Å². The molecule has 0 heterocycles. The lowest BCUT2D eigenvalue weighted by molar-refractivity contribution is 1.59. The van der Waals surface area contributed by atoms with Crippen LogP contribution in [-0.4, -0.2) is 0 Å². The fraction of sp³-hybridized carbons (Fsp3) is 0.0222. The van der Waals surface area contributed by atoms with Gasteiger partial charge < -0.3 is 0 Å². The van der Waals surface area contributed by atoms with E-state index in [4.69, 9.17) is 0 Å². The van der Waals surface area contributed by atoms with Crippen LogP contribution in [0.3, 0.4) is 0 Å². The van der Waals surface area contributed by atoms with Crippen LogP contribution in [0.2, 0.25) is 0 Å². The Morgan fingerprint density at radius 1 is 0.0889 bits per heavy atom. The van der Waals surface area contributed by atoms with Gasteiger partial charge in [-0.15, -0.1) is 0 Å². The third-order valence-corrected chi connectivity index (χ3v) is 13.6. The molecule has 0 heteroatoms. The van der Waals surface area contributed by atoms with E-state index in [9.17, 15) is 0 Å². The highest BCUT2D eigenvalue weighted by molar-refractivity contribution is 5.91. The summed E-state index contributed by atoms with van der Waals surface area (Å²) in [6.07, 6.45) is 0. The lowest BCUT2D eigenvalue weighted by Crippen LogP contribution is -1.82. The van der Waals surface area contributed by atoms with Crippen molar-refractivity contribution in [3.8, 4) is 66.8 Å². The lowest BCUT2D eigenvalue weighted by Gasteiger charge is -2.08. The molecule has 0 unspecified atom stereocenters. The summed E-state index contributed by atoms with van der Waals surface area (Å²) in [5.41, 5.74) is 15.1. The molecule has 442 valence electrons. The maximum Gasteiger partial charge on any atom is -0.0177 e.